The van der Waals surface area contributed by atoms with Crippen molar-refractivity contribution in [3.8, 4) is 5.75 Å². The van der Waals surface area contributed by atoms with Gasteiger partial charge < -0.3 is 9.15 Å². The number of hydrogen-bond donors (Lipinski definition) is 1. The highest BCUT2D eigenvalue weighted by Crippen LogP contribution is 2.30. The van der Waals surface area contributed by atoms with Gasteiger partial charge in [-0.3, -0.25) is 4.79 Å². The van der Waals surface area contributed by atoms with Gasteiger partial charge in [-0.25, -0.2) is 5.43 Å². The number of carbonyl (C=O) groups excluding carboxylic acids is 1. The number of hydrogen-bond acceptors (Lipinski definition) is 4. The number of furan rings is 1. The highest BCUT2D eigenvalue weighted by molar-refractivity contribution is 9.11. The number of fused-ring (bicyclic) bond motifs is 1. The molecular weight excluding hydrogens is 440 g/mol. The Morgan fingerprint density at radius 1 is 1.21 bits per heavy atom. The molecule has 0 aliphatic rings. The molecule has 0 atom stereocenters. The Bertz CT molecular complexity index is 917. The Morgan fingerprint density at radius 2 is 1.96 bits per heavy atom. The minimum Gasteiger partial charge on any atom is -0.497 e. The van der Waals surface area contributed by atoms with E-state index in [0.29, 0.717) is 5.58 Å². The normalized spacial score (nSPS) is 11.1. The quantitative estimate of drug-likeness (QED) is 0.460. The van der Waals surface area contributed by atoms with Crippen LogP contribution in [0, 0.1) is 0 Å². The van der Waals surface area contributed by atoms with E-state index in [9.17, 15) is 4.79 Å². The molecule has 1 amide bonds. The molecule has 0 aliphatic heterocycles. The van der Waals surface area contributed by atoms with E-state index in [1.807, 2.05) is 36.4 Å². The van der Waals surface area contributed by atoms with Gasteiger partial charge in [-0.2, -0.15) is 5.10 Å². The molecule has 122 valence electrons. The van der Waals surface area contributed by atoms with E-state index in [0.717, 1.165) is 25.6 Å². The van der Waals surface area contributed by atoms with Gasteiger partial charge in [0.25, 0.3) is 0 Å². The first-order chi connectivity index (χ1) is 11.6. The van der Waals surface area contributed by atoms with Crippen LogP contribution in [0.3, 0.4) is 0 Å². The number of methoxy groups -OCH3 is 1. The standard InChI is InChI=1S/C17H12Br2N2O3/c1-23-13-4-2-10(3-5-13)9-20-21-17(22)15-7-11-6-12(18)8-14(19)16(11)24-15/h2-9H,1H3,(H,21,22)/b20-9-. The van der Waals surface area contributed by atoms with Gasteiger partial charge in [0.1, 0.15) is 11.3 Å². The van der Waals surface area contributed by atoms with Crippen LogP contribution in [0.1, 0.15) is 16.1 Å². The maximum absolute atomic E-state index is 12.1. The molecule has 0 aliphatic carbocycles. The first-order valence-electron chi connectivity index (χ1n) is 6.93. The number of rotatable bonds is 4. The first kappa shape index (κ1) is 16.7. The summed E-state index contributed by atoms with van der Waals surface area (Å²) in [5, 5.41) is 4.76. The number of nitrogens with one attached hydrogen (secondary N) is 1. The molecule has 1 heterocycles. The van der Waals surface area contributed by atoms with E-state index in [1.54, 1.807) is 19.4 Å². The fourth-order valence-electron chi connectivity index (χ4n) is 2.10. The zero-order valence-corrected chi connectivity index (χ0v) is 15.7. The van der Waals surface area contributed by atoms with Crippen molar-refractivity contribution >= 4 is 55.0 Å². The lowest BCUT2D eigenvalue weighted by atomic mass is 10.2. The molecule has 0 saturated carbocycles. The van der Waals surface area contributed by atoms with Crippen LogP contribution in [0.2, 0.25) is 0 Å². The van der Waals surface area contributed by atoms with E-state index in [2.05, 4.69) is 42.4 Å². The third kappa shape index (κ3) is 3.68. The molecular formula is C17H12Br2N2O3. The van der Waals surface area contributed by atoms with Crippen LogP contribution in [0.5, 0.6) is 5.75 Å². The Labute approximate surface area is 154 Å². The summed E-state index contributed by atoms with van der Waals surface area (Å²) in [4.78, 5) is 12.1. The van der Waals surface area contributed by atoms with Gasteiger partial charge in [0, 0.05) is 9.86 Å². The van der Waals surface area contributed by atoms with Crippen molar-refractivity contribution in [2.24, 2.45) is 5.10 Å². The summed E-state index contributed by atoms with van der Waals surface area (Å²) in [5.74, 6) is 0.532. The van der Waals surface area contributed by atoms with Gasteiger partial charge in [0.15, 0.2) is 5.76 Å². The summed E-state index contributed by atoms with van der Waals surface area (Å²) in [6, 6.07) is 12.7. The van der Waals surface area contributed by atoms with Crippen LogP contribution >= 0.6 is 31.9 Å². The molecule has 2 aromatic carbocycles. The first-order valence-corrected chi connectivity index (χ1v) is 8.51. The Balaban J connectivity index is 1.72. The van der Waals surface area contributed by atoms with Gasteiger partial charge in [-0.05, 0) is 64.0 Å². The van der Waals surface area contributed by atoms with Crippen molar-refractivity contribution in [2.45, 2.75) is 0 Å². The van der Waals surface area contributed by atoms with Crippen molar-refractivity contribution < 1.29 is 13.9 Å². The van der Waals surface area contributed by atoms with Crippen LogP contribution in [-0.2, 0) is 0 Å². The van der Waals surface area contributed by atoms with Crippen LogP contribution < -0.4 is 10.2 Å². The van der Waals surface area contributed by atoms with Gasteiger partial charge in [-0.1, -0.05) is 15.9 Å². The summed E-state index contributed by atoms with van der Waals surface area (Å²) in [6.45, 7) is 0. The van der Waals surface area contributed by atoms with E-state index in [-0.39, 0.29) is 5.76 Å². The Morgan fingerprint density at radius 3 is 2.67 bits per heavy atom. The molecule has 0 spiro atoms. The average Bonchev–Trinajstić information content (AvgIpc) is 3.00. The monoisotopic (exact) mass is 450 g/mol. The fourth-order valence-corrected chi connectivity index (χ4v) is 3.44. The minimum atomic E-state index is -0.418. The zero-order chi connectivity index (χ0) is 17.1. The Hall–Kier alpha value is -2.12. The molecule has 0 saturated heterocycles. The third-order valence-corrected chi connectivity index (χ3v) is 4.30. The van der Waals surface area contributed by atoms with Crippen LogP contribution in [0.25, 0.3) is 11.0 Å². The highest BCUT2D eigenvalue weighted by atomic mass is 79.9. The van der Waals surface area contributed by atoms with Crippen molar-refractivity contribution in [3.05, 3.63) is 62.7 Å². The number of ether oxygens (including phenoxy) is 1. The number of amides is 1. The molecule has 0 bridgehead atoms. The third-order valence-electron chi connectivity index (χ3n) is 3.26. The van der Waals surface area contributed by atoms with Crippen LogP contribution in [0.4, 0.5) is 0 Å². The van der Waals surface area contributed by atoms with Gasteiger partial charge in [0.2, 0.25) is 0 Å². The topological polar surface area (TPSA) is 63.8 Å². The lowest BCUT2D eigenvalue weighted by molar-refractivity contribution is 0.0929. The number of nitrogens with zero attached hydrogens (tertiary/aromatic N) is 1. The number of carbonyl (C=O) groups is 1. The number of halogens is 2. The van der Waals surface area contributed by atoms with E-state index < -0.39 is 5.91 Å². The summed E-state index contributed by atoms with van der Waals surface area (Å²) in [6.07, 6.45) is 1.55. The van der Waals surface area contributed by atoms with Crippen LogP contribution in [-0.4, -0.2) is 19.2 Å². The van der Waals surface area contributed by atoms with Gasteiger partial charge in [-0.15, -0.1) is 0 Å². The van der Waals surface area contributed by atoms with E-state index >= 15 is 0 Å². The molecule has 1 N–H and O–H groups in total. The van der Waals surface area contributed by atoms with Gasteiger partial charge >= 0.3 is 5.91 Å². The predicted octanol–water partition coefficient (Wildman–Crippen LogP) is 4.73. The lowest BCUT2D eigenvalue weighted by Gasteiger charge is -1.99. The van der Waals surface area contributed by atoms with Crippen LogP contribution in [0.15, 0.2) is 60.9 Å². The summed E-state index contributed by atoms with van der Waals surface area (Å²) in [7, 11) is 1.60. The molecule has 0 unspecified atom stereocenters. The Kier molecular flexibility index (Phi) is 5.01. The molecule has 1 aromatic heterocycles. The highest BCUT2D eigenvalue weighted by Gasteiger charge is 2.14. The fraction of sp³-hybridized carbons (Fsp3) is 0.0588. The van der Waals surface area contributed by atoms with E-state index in [1.165, 1.54) is 0 Å². The maximum Gasteiger partial charge on any atom is 0.307 e. The largest absolute Gasteiger partial charge is 0.497 e. The number of hydrazone groups is 1. The molecule has 0 fully saturated rings. The second-order valence-corrected chi connectivity index (χ2v) is 6.66. The maximum atomic E-state index is 12.1. The summed E-state index contributed by atoms with van der Waals surface area (Å²) in [5.41, 5.74) is 3.90. The molecule has 0 radical (unpaired) electrons. The minimum absolute atomic E-state index is 0.190. The van der Waals surface area contributed by atoms with Crippen molar-refractivity contribution in [1.82, 2.24) is 5.43 Å². The predicted molar refractivity (Wildman–Crippen MR) is 99.7 cm³/mol. The second-order valence-electron chi connectivity index (χ2n) is 4.89. The van der Waals surface area contributed by atoms with E-state index in [4.69, 9.17) is 9.15 Å². The average molecular weight is 452 g/mol. The molecule has 3 aromatic rings. The second kappa shape index (κ2) is 7.19. The summed E-state index contributed by atoms with van der Waals surface area (Å²) >= 11 is 6.81. The molecule has 3 rings (SSSR count). The van der Waals surface area contributed by atoms with Crippen molar-refractivity contribution in [3.63, 3.8) is 0 Å². The molecule has 5 nitrogen and oxygen atoms in total. The number of benzene rings is 2. The SMILES string of the molecule is COc1ccc(/C=N\NC(=O)c2cc3cc(Br)cc(Br)c3o2)cc1. The van der Waals surface area contributed by atoms with Crippen molar-refractivity contribution in [1.29, 1.82) is 0 Å². The van der Waals surface area contributed by atoms with Gasteiger partial charge in [0.05, 0.1) is 17.8 Å². The smallest absolute Gasteiger partial charge is 0.307 e. The molecule has 7 heteroatoms. The lowest BCUT2D eigenvalue weighted by Crippen LogP contribution is -2.16. The van der Waals surface area contributed by atoms with Crippen molar-refractivity contribution in [2.75, 3.05) is 7.11 Å². The summed E-state index contributed by atoms with van der Waals surface area (Å²) < 4.78 is 12.3. The zero-order valence-electron chi connectivity index (χ0n) is 12.5. The molecule has 24 heavy (non-hydrogen) atoms.